The van der Waals surface area contributed by atoms with Crippen LogP contribution < -0.4 is 10.5 Å². The van der Waals surface area contributed by atoms with Gasteiger partial charge in [0.05, 0.1) is 18.6 Å². The molecule has 1 aromatic rings. The molecule has 0 saturated carbocycles. The molecule has 1 saturated heterocycles. The summed E-state index contributed by atoms with van der Waals surface area (Å²) in [4.78, 5) is 13.3. The maximum absolute atomic E-state index is 12.5. The lowest BCUT2D eigenvalue weighted by Gasteiger charge is -2.33. The van der Waals surface area contributed by atoms with Gasteiger partial charge in [-0.25, -0.2) is 8.42 Å². The Balaban J connectivity index is 0.00000242. The van der Waals surface area contributed by atoms with Crippen LogP contribution in [0.2, 0.25) is 0 Å². The molecule has 0 aliphatic carbocycles. The fourth-order valence-corrected chi connectivity index (χ4v) is 3.63. The molecule has 2 N–H and O–H groups in total. The van der Waals surface area contributed by atoms with E-state index in [0.717, 1.165) is 0 Å². The minimum Gasteiger partial charge on any atom is -0.497 e. The Labute approximate surface area is 136 Å². The first-order valence-corrected chi connectivity index (χ1v) is 8.05. The molecule has 0 radical (unpaired) electrons. The molecule has 1 aromatic carbocycles. The Morgan fingerprint density at radius 3 is 2.18 bits per heavy atom. The number of carbonyl (C=O) groups is 1. The molecule has 1 aliphatic rings. The number of carbonyl (C=O) groups excluding carboxylic acids is 1. The molecular weight excluding hydrogens is 330 g/mol. The van der Waals surface area contributed by atoms with Gasteiger partial charge in [0, 0.05) is 26.2 Å². The fraction of sp³-hybridized carbons (Fsp3) is 0.462. The zero-order valence-corrected chi connectivity index (χ0v) is 13.9. The lowest BCUT2D eigenvalue weighted by atomic mass is 10.3. The number of nitrogens with two attached hydrogens (primary N) is 1. The van der Waals surface area contributed by atoms with E-state index in [0.29, 0.717) is 18.8 Å². The average molecular weight is 350 g/mol. The van der Waals surface area contributed by atoms with Gasteiger partial charge in [-0.05, 0) is 24.3 Å². The Morgan fingerprint density at radius 1 is 1.18 bits per heavy atom. The van der Waals surface area contributed by atoms with Gasteiger partial charge in [-0.1, -0.05) is 0 Å². The van der Waals surface area contributed by atoms with E-state index >= 15 is 0 Å². The van der Waals surface area contributed by atoms with Gasteiger partial charge in [0.25, 0.3) is 0 Å². The van der Waals surface area contributed by atoms with Crippen molar-refractivity contribution in [3.05, 3.63) is 24.3 Å². The Bertz CT molecular complexity index is 598. The van der Waals surface area contributed by atoms with Crippen molar-refractivity contribution in [2.45, 2.75) is 4.90 Å². The van der Waals surface area contributed by atoms with E-state index in [-0.39, 0.29) is 42.8 Å². The van der Waals surface area contributed by atoms with Crippen molar-refractivity contribution in [3.8, 4) is 5.75 Å². The summed E-state index contributed by atoms with van der Waals surface area (Å²) in [5.41, 5.74) is 5.31. The van der Waals surface area contributed by atoms with Gasteiger partial charge in [-0.2, -0.15) is 4.31 Å². The number of halogens is 1. The number of nitrogens with zero attached hydrogens (tertiary/aromatic N) is 2. The summed E-state index contributed by atoms with van der Waals surface area (Å²) in [5, 5.41) is 0. The monoisotopic (exact) mass is 349 g/mol. The van der Waals surface area contributed by atoms with Crippen molar-refractivity contribution in [1.82, 2.24) is 9.21 Å². The molecule has 0 atom stereocenters. The van der Waals surface area contributed by atoms with Gasteiger partial charge in [0.1, 0.15) is 5.75 Å². The van der Waals surface area contributed by atoms with Crippen LogP contribution in [0.3, 0.4) is 0 Å². The summed E-state index contributed by atoms with van der Waals surface area (Å²) < 4.78 is 31.4. The number of piperazine rings is 1. The van der Waals surface area contributed by atoms with E-state index in [1.807, 2.05) is 0 Å². The summed E-state index contributed by atoms with van der Waals surface area (Å²) in [6.45, 7) is 1.24. The molecule has 2 rings (SSSR count). The minimum atomic E-state index is -3.53. The normalized spacial score (nSPS) is 16.0. The first kappa shape index (κ1) is 18.7. The molecule has 0 unspecified atom stereocenters. The molecule has 0 spiro atoms. The molecule has 1 aliphatic heterocycles. The first-order valence-electron chi connectivity index (χ1n) is 6.61. The zero-order valence-electron chi connectivity index (χ0n) is 12.3. The molecule has 1 fully saturated rings. The lowest BCUT2D eigenvalue weighted by molar-refractivity contribution is -0.130. The first-order chi connectivity index (χ1) is 9.98. The maximum Gasteiger partial charge on any atom is 0.243 e. The van der Waals surface area contributed by atoms with Crippen molar-refractivity contribution >= 4 is 28.3 Å². The van der Waals surface area contributed by atoms with Crippen LogP contribution in [0.1, 0.15) is 0 Å². The molecule has 9 heteroatoms. The highest BCUT2D eigenvalue weighted by atomic mass is 35.5. The van der Waals surface area contributed by atoms with Crippen LogP contribution >= 0.6 is 12.4 Å². The Hall–Kier alpha value is -1.35. The predicted molar refractivity (Wildman–Crippen MR) is 84.6 cm³/mol. The lowest BCUT2D eigenvalue weighted by Crippen LogP contribution is -2.51. The number of sulfonamides is 1. The summed E-state index contributed by atoms with van der Waals surface area (Å²) in [7, 11) is -2.01. The summed E-state index contributed by atoms with van der Waals surface area (Å²) in [6, 6.07) is 6.26. The highest BCUT2D eigenvalue weighted by Crippen LogP contribution is 2.20. The van der Waals surface area contributed by atoms with Crippen molar-refractivity contribution in [3.63, 3.8) is 0 Å². The standard InChI is InChI=1S/C13H19N3O4S.ClH/c1-20-11-2-4-12(5-3-11)21(18,19)16-8-6-15(7-9-16)13(17)10-14;/h2-5H,6-10,14H2,1H3;1H. The smallest absolute Gasteiger partial charge is 0.243 e. The number of methoxy groups -OCH3 is 1. The fourth-order valence-electron chi connectivity index (χ4n) is 2.20. The van der Waals surface area contributed by atoms with E-state index in [4.69, 9.17) is 10.5 Å². The molecule has 0 aromatic heterocycles. The third kappa shape index (κ3) is 3.89. The summed E-state index contributed by atoms with van der Waals surface area (Å²) in [5.74, 6) is 0.448. The summed E-state index contributed by atoms with van der Waals surface area (Å²) in [6.07, 6.45) is 0. The highest BCUT2D eigenvalue weighted by molar-refractivity contribution is 7.89. The number of hydrogen-bond donors (Lipinski definition) is 1. The van der Waals surface area contributed by atoms with Gasteiger partial charge in [-0.15, -0.1) is 12.4 Å². The second-order valence-corrected chi connectivity index (χ2v) is 6.60. The number of rotatable bonds is 4. The van der Waals surface area contributed by atoms with E-state index in [1.165, 1.54) is 23.5 Å². The van der Waals surface area contributed by atoms with Crippen LogP contribution in [-0.4, -0.2) is 63.4 Å². The van der Waals surface area contributed by atoms with Crippen molar-refractivity contribution in [1.29, 1.82) is 0 Å². The number of hydrogen-bond acceptors (Lipinski definition) is 5. The summed E-state index contributed by atoms with van der Waals surface area (Å²) >= 11 is 0. The maximum atomic E-state index is 12.5. The molecule has 1 amide bonds. The average Bonchev–Trinajstić information content (AvgIpc) is 2.54. The van der Waals surface area contributed by atoms with Crippen LogP contribution in [0.15, 0.2) is 29.2 Å². The molecule has 7 nitrogen and oxygen atoms in total. The third-order valence-electron chi connectivity index (χ3n) is 3.46. The third-order valence-corrected chi connectivity index (χ3v) is 5.38. The number of ether oxygens (including phenoxy) is 1. The highest BCUT2D eigenvalue weighted by Gasteiger charge is 2.29. The van der Waals surface area contributed by atoms with Crippen LogP contribution in [0, 0.1) is 0 Å². The van der Waals surface area contributed by atoms with Crippen molar-refractivity contribution < 1.29 is 17.9 Å². The molecule has 1 heterocycles. The molecular formula is C13H20ClN3O4S. The SMILES string of the molecule is COc1ccc(S(=O)(=O)N2CCN(C(=O)CN)CC2)cc1.Cl. The van der Waals surface area contributed by atoms with Crippen molar-refractivity contribution in [2.24, 2.45) is 5.73 Å². The number of benzene rings is 1. The van der Waals surface area contributed by atoms with E-state index in [1.54, 1.807) is 17.0 Å². The molecule has 0 bridgehead atoms. The van der Waals surface area contributed by atoms with Crippen LogP contribution in [0.5, 0.6) is 5.75 Å². The number of amides is 1. The molecule has 22 heavy (non-hydrogen) atoms. The Kier molecular flexibility index (Phi) is 6.61. The second kappa shape index (κ2) is 7.77. The van der Waals surface area contributed by atoms with Crippen molar-refractivity contribution in [2.75, 3.05) is 39.8 Å². The van der Waals surface area contributed by atoms with Crippen LogP contribution in [0.25, 0.3) is 0 Å². The topological polar surface area (TPSA) is 92.9 Å². The van der Waals surface area contributed by atoms with E-state index in [9.17, 15) is 13.2 Å². The van der Waals surface area contributed by atoms with Gasteiger partial charge >= 0.3 is 0 Å². The molecule has 124 valence electrons. The van der Waals surface area contributed by atoms with Gasteiger partial charge in [0.2, 0.25) is 15.9 Å². The second-order valence-electron chi connectivity index (χ2n) is 4.66. The van der Waals surface area contributed by atoms with E-state index in [2.05, 4.69) is 0 Å². The van der Waals surface area contributed by atoms with E-state index < -0.39 is 10.0 Å². The van der Waals surface area contributed by atoms with Gasteiger partial charge in [-0.3, -0.25) is 4.79 Å². The quantitative estimate of drug-likeness (QED) is 0.820. The minimum absolute atomic E-state index is 0. The van der Waals surface area contributed by atoms with Gasteiger partial charge < -0.3 is 15.4 Å². The largest absolute Gasteiger partial charge is 0.497 e. The van der Waals surface area contributed by atoms with Gasteiger partial charge in [0.15, 0.2) is 0 Å². The van der Waals surface area contributed by atoms with Crippen LogP contribution in [0.4, 0.5) is 0 Å². The van der Waals surface area contributed by atoms with Crippen LogP contribution in [-0.2, 0) is 14.8 Å². The predicted octanol–water partition coefficient (Wildman–Crippen LogP) is -0.0914. The Morgan fingerprint density at radius 2 is 1.73 bits per heavy atom. The zero-order chi connectivity index (χ0) is 15.5.